The molecule has 0 aliphatic heterocycles. The van der Waals surface area contributed by atoms with Crippen molar-refractivity contribution in [1.29, 1.82) is 0 Å². The summed E-state index contributed by atoms with van der Waals surface area (Å²) in [4.78, 5) is 7.89. The van der Waals surface area contributed by atoms with E-state index in [0.29, 0.717) is 11.5 Å². The van der Waals surface area contributed by atoms with E-state index in [4.69, 9.17) is 11.6 Å². The number of hydrogen-bond donors (Lipinski definition) is 0. The van der Waals surface area contributed by atoms with E-state index in [-0.39, 0.29) is 5.35 Å². The molecule has 0 atom stereocenters. The minimum atomic E-state index is 0.0136. The van der Waals surface area contributed by atoms with Crippen LogP contribution in [0.4, 0.5) is 0 Å². The van der Waals surface area contributed by atoms with Gasteiger partial charge in [-0.2, -0.15) is 4.98 Å². The highest BCUT2D eigenvalue weighted by Gasteiger charge is 2.06. The third kappa shape index (κ3) is 1.87. The van der Waals surface area contributed by atoms with E-state index in [2.05, 4.69) is 35.6 Å². The molecule has 0 aromatic carbocycles. The largest absolute Gasteiger partial charge is 0.321 e. The number of pyridine rings is 1. The van der Waals surface area contributed by atoms with E-state index in [9.17, 15) is 0 Å². The van der Waals surface area contributed by atoms with Crippen LogP contribution >= 0.6 is 27.5 Å². The van der Waals surface area contributed by atoms with Crippen LogP contribution in [-0.2, 0) is 0 Å². The summed E-state index contributed by atoms with van der Waals surface area (Å²) in [5.74, 6) is 0.387. The third-order valence-corrected chi connectivity index (χ3v) is 1.98. The van der Waals surface area contributed by atoms with Crippen LogP contribution in [0.25, 0.3) is 11.5 Å². The summed E-state index contributed by atoms with van der Waals surface area (Å²) in [5, 5.41) is 3.63. The van der Waals surface area contributed by atoms with Gasteiger partial charge in [0.05, 0.1) is 0 Å². The second-order valence-corrected chi connectivity index (χ2v) is 3.47. The average molecular weight is 260 g/mol. The second-order valence-electron chi connectivity index (χ2n) is 2.23. The Hall–Kier alpha value is -0.940. The van der Waals surface area contributed by atoms with Gasteiger partial charge in [0.25, 0.3) is 0 Å². The molecule has 0 spiro atoms. The standard InChI is InChI=1S/C7H3BrClN3O/c8-4-1-2-5(10-3-4)6-11-7(9)13-12-6/h1-3H. The van der Waals surface area contributed by atoms with Gasteiger partial charge in [-0.1, -0.05) is 5.16 Å². The van der Waals surface area contributed by atoms with Crippen molar-refractivity contribution < 1.29 is 4.52 Å². The average Bonchev–Trinajstić information content (AvgIpc) is 2.53. The van der Waals surface area contributed by atoms with Gasteiger partial charge in [-0.15, -0.1) is 0 Å². The van der Waals surface area contributed by atoms with E-state index in [0.717, 1.165) is 4.47 Å². The van der Waals surface area contributed by atoms with Crippen LogP contribution < -0.4 is 0 Å². The van der Waals surface area contributed by atoms with Crippen molar-refractivity contribution >= 4 is 27.5 Å². The van der Waals surface area contributed by atoms with Crippen molar-refractivity contribution in [2.45, 2.75) is 0 Å². The van der Waals surface area contributed by atoms with Gasteiger partial charge in [-0.05, 0) is 39.7 Å². The first-order chi connectivity index (χ1) is 6.25. The van der Waals surface area contributed by atoms with Crippen LogP contribution in [0.15, 0.2) is 27.3 Å². The summed E-state index contributed by atoms with van der Waals surface area (Å²) in [6, 6.07) is 3.61. The number of aromatic nitrogens is 3. The van der Waals surface area contributed by atoms with Gasteiger partial charge >= 0.3 is 5.35 Å². The number of hydrogen-bond acceptors (Lipinski definition) is 4. The smallest absolute Gasteiger partial charge is 0.320 e. The van der Waals surface area contributed by atoms with Gasteiger partial charge < -0.3 is 4.52 Å². The molecule has 0 fully saturated rings. The first kappa shape index (κ1) is 8.65. The van der Waals surface area contributed by atoms with Crippen LogP contribution in [0.5, 0.6) is 0 Å². The van der Waals surface area contributed by atoms with Gasteiger partial charge in [-0.3, -0.25) is 4.98 Å². The molecule has 13 heavy (non-hydrogen) atoms. The van der Waals surface area contributed by atoms with Gasteiger partial charge in [0, 0.05) is 10.7 Å². The summed E-state index contributed by atoms with van der Waals surface area (Å²) < 4.78 is 5.50. The minimum absolute atomic E-state index is 0.0136. The quantitative estimate of drug-likeness (QED) is 0.790. The highest BCUT2D eigenvalue weighted by molar-refractivity contribution is 9.10. The molecule has 2 heterocycles. The van der Waals surface area contributed by atoms with Crippen molar-refractivity contribution in [3.63, 3.8) is 0 Å². The number of halogens is 2. The molecule has 4 nitrogen and oxygen atoms in total. The first-order valence-electron chi connectivity index (χ1n) is 3.37. The van der Waals surface area contributed by atoms with E-state index >= 15 is 0 Å². The van der Waals surface area contributed by atoms with Crippen molar-refractivity contribution in [1.82, 2.24) is 15.1 Å². The van der Waals surface area contributed by atoms with E-state index in [1.54, 1.807) is 12.3 Å². The maximum absolute atomic E-state index is 5.46. The van der Waals surface area contributed by atoms with Gasteiger partial charge in [0.1, 0.15) is 5.69 Å². The van der Waals surface area contributed by atoms with Crippen molar-refractivity contribution in [3.8, 4) is 11.5 Å². The third-order valence-electron chi connectivity index (χ3n) is 1.36. The first-order valence-corrected chi connectivity index (χ1v) is 4.54. The highest BCUT2D eigenvalue weighted by atomic mass is 79.9. The zero-order chi connectivity index (χ0) is 9.26. The molecule has 0 saturated carbocycles. The zero-order valence-electron chi connectivity index (χ0n) is 6.24. The zero-order valence-corrected chi connectivity index (χ0v) is 8.58. The lowest BCUT2D eigenvalue weighted by atomic mass is 10.3. The Labute approximate surface area is 87.1 Å². The lowest BCUT2D eigenvalue weighted by Crippen LogP contribution is -1.84. The predicted octanol–water partition coefficient (Wildman–Crippen LogP) is 2.55. The topological polar surface area (TPSA) is 51.8 Å². The molecule has 0 saturated heterocycles. The molecular weight excluding hydrogens is 257 g/mol. The summed E-state index contributed by atoms with van der Waals surface area (Å²) in [7, 11) is 0. The molecule has 6 heteroatoms. The van der Waals surface area contributed by atoms with Crippen LogP contribution in [0.3, 0.4) is 0 Å². The molecule has 2 aromatic heterocycles. The SMILES string of the molecule is Clc1nc(-c2ccc(Br)cn2)no1. The number of nitrogens with zero attached hydrogens (tertiary/aromatic N) is 3. The molecule has 0 aliphatic rings. The fourth-order valence-corrected chi connectivity index (χ4v) is 1.17. The minimum Gasteiger partial charge on any atom is -0.321 e. The highest BCUT2D eigenvalue weighted by Crippen LogP contribution is 2.16. The number of rotatable bonds is 1. The fourth-order valence-electron chi connectivity index (χ4n) is 0.817. The summed E-state index contributed by atoms with van der Waals surface area (Å²) in [5.41, 5.74) is 0.624. The molecule has 2 aromatic rings. The van der Waals surface area contributed by atoms with Gasteiger partial charge in [-0.25, -0.2) is 0 Å². The normalized spacial score (nSPS) is 10.3. The molecular formula is C7H3BrClN3O. The Morgan fingerprint density at radius 2 is 2.23 bits per heavy atom. The maximum atomic E-state index is 5.46. The molecule has 0 aliphatic carbocycles. The van der Waals surface area contributed by atoms with Crippen LogP contribution in [0.1, 0.15) is 0 Å². The summed E-state index contributed by atoms with van der Waals surface area (Å²) >= 11 is 8.73. The molecule has 0 unspecified atom stereocenters. The molecule has 2 rings (SSSR count). The molecule has 66 valence electrons. The van der Waals surface area contributed by atoms with Gasteiger partial charge in [0.15, 0.2) is 0 Å². The van der Waals surface area contributed by atoms with Crippen LogP contribution in [0, 0.1) is 0 Å². The van der Waals surface area contributed by atoms with E-state index < -0.39 is 0 Å². The predicted molar refractivity (Wildman–Crippen MR) is 50.2 cm³/mol. The van der Waals surface area contributed by atoms with Crippen LogP contribution in [-0.4, -0.2) is 15.1 Å². The Morgan fingerprint density at radius 1 is 1.38 bits per heavy atom. The Balaban J connectivity index is 2.41. The lowest BCUT2D eigenvalue weighted by Gasteiger charge is -1.91. The molecule has 0 N–H and O–H groups in total. The van der Waals surface area contributed by atoms with Crippen molar-refractivity contribution in [2.75, 3.05) is 0 Å². The maximum Gasteiger partial charge on any atom is 0.320 e. The Morgan fingerprint density at radius 3 is 2.77 bits per heavy atom. The molecule has 0 radical (unpaired) electrons. The summed E-state index contributed by atoms with van der Waals surface area (Å²) in [6.07, 6.45) is 1.65. The Bertz CT molecular complexity index is 414. The van der Waals surface area contributed by atoms with Crippen LogP contribution in [0.2, 0.25) is 5.35 Å². The second kappa shape index (κ2) is 3.43. The van der Waals surface area contributed by atoms with Gasteiger partial charge in [0.2, 0.25) is 5.82 Å². The molecule has 0 bridgehead atoms. The Kier molecular flexibility index (Phi) is 2.28. The molecule has 0 amide bonds. The monoisotopic (exact) mass is 259 g/mol. The van der Waals surface area contributed by atoms with Crippen molar-refractivity contribution in [2.24, 2.45) is 0 Å². The fraction of sp³-hybridized carbons (Fsp3) is 0. The lowest BCUT2D eigenvalue weighted by molar-refractivity contribution is 0.420. The van der Waals surface area contributed by atoms with Crippen molar-refractivity contribution in [3.05, 3.63) is 28.2 Å². The van der Waals surface area contributed by atoms with E-state index in [1.807, 2.05) is 6.07 Å². The summed E-state index contributed by atoms with van der Waals surface area (Å²) in [6.45, 7) is 0. The van der Waals surface area contributed by atoms with E-state index in [1.165, 1.54) is 0 Å².